The predicted octanol–water partition coefficient (Wildman–Crippen LogP) is 0.595. The topological polar surface area (TPSA) is 75.4 Å². The molecule has 4 nitrogen and oxygen atoms in total. The highest BCUT2D eigenvalue weighted by Gasteiger charge is 2.18. The number of aliphatic hydroxyl groups is 1. The average molecular weight is 202 g/mol. The van der Waals surface area contributed by atoms with Gasteiger partial charge in [0, 0.05) is 6.42 Å². The zero-order chi connectivity index (χ0) is 11.1. The molecule has 84 valence electrons. The van der Waals surface area contributed by atoms with Gasteiger partial charge in [-0.15, -0.1) is 0 Å². The quantitative estimate of drug-likeness (QED) is 0.552. The first-order valence-corrected chi connectivity index (χ1v) is 5.20. The molecule has 4 N–H and O–H groups in total. The van der Waals surface area contributed by atoms with Crippen molar-refractivity contribution in [1.29, 1.82) is 0 Å². The van der Waals surface area contributed by atoms with E-state index in [-0.39, 0.29) is 11.9 Å². The summed E-state index contributed by atoms with van der Waals surface area (Å²) in [7, 11) is 0. The van der Waals surface area contributed by atoms with E-state index in [1.54, 1.807) is 0 Å². The fourth-order valence-electron chi connectivity index (χ4n) is 1.30. The van der Waals surface area contributed by atoms with Gasteiger partial charge in [-0.2, -0.15) is 0 Å². The molecule has 0 spiro atoms. The lowest BCUT2D eigenvalue weighted by molar-refractivity contribution is -0.122. The Morgan fingerprint density at radius 3 is 2.43 bits per heavy atom. The van der Waals surface area contributed by atoms with Crippen LogP contribution in [0.2, 0.25) is 0 Å². The minimum atomic E-state index is -0.974. The van der Waals surface area contributed by atoms with Crippen LogP contribution in [0.5, 0.6) is 0 Å². The largest absolute Gasteiger partial charge is 0.377 e. The minimum absolute atomic E-state index is 0.0392. The Balaban J connectivity index is 4.02. The fourth-order valence-corrected chi connectivity index (χ4v) is 1.30. The lowest BCUT2D eigenvalue weighted by Gasteiger charge is -2.22. The molecule has 0 bridgehead atoms. The van der Waals surface area contributed by atoms with Crippen LogP contribution in [-0.4, -0.2) is 23.3 Å². The van der Waals surface area contributed by atoms with Crippen molar-refractivity contribution in [2.24, 2.45) is 11.7 Å². The van der Waals surface area contributed by atoms with Crippen LogP contribution in [0.3, 0.4) is 0 Å². The lowest BCUT2D eigenvalue weighted by Crippen LogP contribution is -2.48. The van der Waals surface area contributed by atoms with E-state index in [0.717, 1.165) is 6.42 Å². The lowest BCUT2D eigenvalue weighted by atomic mass is 10.0. The van der Waals surface area contributed by atoms with Crippen LogP contribution in [0.4, 0.5) is 0 Å². The summed E-state index contributed by atoms with van der Waals surface area (Å²) in [5.41, 5.74) is 5.37. The number of hydrogen-bond acceptors (Lipinski definition) is 3. The van der Waals surface area contributed by atoms with Crippen molar-refractivity contribution < 1.29 is 9.90 Å². The first-order valence-electron chi connectivity index (χ1n) is 5.20. The fraction of sp³-hybridized carbons (Fsp3) is 0.900. The molecule has 0 rings (SSSR count). The molecule has 14 heavy (non-hydrogen) atoms. The second-order valence-corrected chi connectivity index (χ2v) is 4.04. The highest BCUT2D eigenvalue weighted by Crippen LogP contribution is 2.06. The highest BCUT2D eigenvalue weighted by molar-refractivity contribution is 5.76. The summed E-state index contributed by atoms with van der Waals surface area (Å²) in [4.78, 5) is 11.3. The Bertz CT molecular complexity index is 170. The Morgan fingerprint density at radius 1 is 1.50 bits per heavy atom. The van der Waals surface area contributed by atoms with Crippen molar-refractivity contribution in [2.75, 3.05) is 0 Å². The summed E-state index contributed by atoms with van der Waals surface area (Å²) in [6.45, 7) is 6.00. The third kappa shape index (κ3) is 5.94. The molecular weight excluding hydrogens is 180 g/mol. The van der Waals surface area contributed by atoms with E-state index in [1.807, 2.05) is 20.8 Å². The van der Waals surface area contributed by atoms with E-state index in [4.69, 9.17) is 5.73 Å². The molecule has 0 aliphatic rings. The van der Waals surface area contributed by atoms with Gasteiger partial charge >= 0.3 is 0 Å². The van der Waals surface area contributed by atoms with Gasteiger partial charge in [-0.05, 0) is 18.8 Å². The molecule has 4 heteroatoms. The summed E-state index contributed by atoms with van der Waals surface area (Å²) in [6, 6.07) is -0.325. The highest BCUT2D eigenvalue weighted by atomic mass is 16.3. The van der Waals surface area contributed by atoms with Crippen LogP contribution < -0.4 is 11.1 Å². The number of hydrogen-bond donors (Lipinski definition) is 3. The number of rotatable bonds is 6. The van der Waals surface area contributed by atoms with Crippen LogP contribution in [0.1, 0.15) is 40.0 Å². The summed E-state index contributed by atoms with van der Waals surface area (Å²) in [5, 5.41) is 12.0. The van der Waals surface area contributed by atoms with Crippen LogP contribution in [0.25, 0.3) is 0 Å². The Labute approximate surface area is 85.9 Å². The second kappa shape index (κ2) is 6.79. The molecule has 0 fully saturated rings. The second-order valence-electron chi connectivity index (χ2n) is 4.04. The van der Waals surface area contributed by atoms with Crippen LogP contribution in [0, 0.1) is 5.92 Å². The van der Waals surface area contributed by atoms with Gasteiger partial charge in [-0.25, -0.2) is 0 Å². The zero-order valence-electron chi connectivity index (χ0n) is 9.29. The van der Waals surface area contributed by atoms with Crippen molar-refractivity contribution in [3.63, 3.8) is 0 Å². The molecule has 2 atom stereocenters. The summed E-state index contributed by atoms with van der Waals surface area (Å²) in [5.74, 6) is 0.364. The average Bonchev–Trinajstić information content (AvgIpc) is 2.02. The minimum Gasteiger partial charge on any atom is -0.377 e. The molecule has 0 aromatic rings. The first kappa shape index (κ1) is 13.4. The van der Waals surface area contributed by atoms with Gasteiger partial charge in [-0.1, -0.05) is 20.8 Å². The van der Waals surface area contributed by atoms with Gasteiger partial charge in [0.1, 0.15) is 6.23 Å². The van der Waals surface area contributed by atoms with Gasteiger partial charge in [-0.3, -0.25) is 4.79 Å². The molecule has 0 aliphatic carbocycles. The van der Waals surface area contributed by atoms with Crippen molar-refractivity contribution in [3.05, 3.63) is 0 Å². The molecule has 1 amide bonds. The monoisotopic (exact) mass is 202 g/mol. The van der Waals surface area contributed by atoms with Crippen molar-refractivity contribution in [1.82, 2.24) is 5.32 Å². The molecule has 0 aromatic carbocycles. The SMILES string of the molecule is CCCC(=O)NC(CC(C)C)[C@H](N)O. The van der Waals surface area contributed by atoms with Crippen LogP contribution >= 0.6 is 0 Å². The standard InChI is InChI=1S/C10H22N2O2/c1-4-5-9(13)12-8(10(11)14)6-7(2)3/h7-8,10,14H,4-6,11H2,1-3H3,(H,12,13)/t8?,10-/m1/s1. The van der Waals surface area contributed by atoms with E-state index >= 15 is 0 Å². The van der Waals surface area contributed by atoms with Gasteiger partial charge in [0.15, 0.2) is 0 Å². The maximum absolute atomic E-state index is 11.3. The van der Waals surface area contributed by atoms with Crippen molar-refractivity contribution in [2.45, 2.75) is 52.3 Å². The molecular formula is C10H22N2O2. The third-order valence-electron chi connectivity index (χ3n) is 1.96. The van der Waals surface area contributed by atoms with Crippen molar-refractivity contribution >= 4 is 5.91 Å². The van der Waals surface area contributed by atoms with E-state index in [1.165, 1.54) is 0 Å². The Kier molecular flexibility index (Phi) is 6.49. The number of nitrogens with one attached hydrogen (secondary N) is 1. The van der Waals surface area contributed by atoms with Gasteiger partial charge in [0.2, 0.25) is 5.91 Å². The third-order valence-corrected chi connectivity index (χ3v) is 1.96. The number of nitrogens with two attached hydrogens (primary N) is 1. The molecule has 0 radical (unpaired) electrons. The van der Waals surface area contributed by atoms with Crippen LogP contribution in [0.15, 0.2) is 0 Å². The normalized spacial score (nSPS) is 15.3. The zero-order valence-corrected chi connectivity index (χ0v) is 9.29. The summed E-state index contributed by atoms with van der Waals surface area (Å²) in [6.07, 6.45) is 1.02. The number of amides is 1. The first-order chi connectivity index (χ1) is 6.47. The molecule has 0 aromatic heterocycles. The summed E-state index contributed by atoms with van der Waals surface area (Å²) >= 11 is 0. The van der Waals surface area contributed by atoms with Gasteiger partial charge in [0.05, 0.1) is 6.04 Å². The van der Waals surface area contributed by atoms with Gasteiger partial charge in [0.25, 0.3) is 0 Å². The predicted molar refractivity (Wildman–Crippen MR) is 56.5 cm³/mol. The number of carbonyl (C=O) groups excluding carboxylic acids is 1. The smallest absolute Gasteiger partial charge is 0.220 e. The van der Waals surface area contributed by atoms with Crippen molar-refractivity contribution in [3.8, 4) is 0 Å². The van der Waals surface area contributed by atoms with E-state index in [0.29, 0.717) is 18.8 Å². The Hall–Kier alpha value is -0.610. The maximum Gasteiger partial charge on any atom is 0.220 e. The van der Waals surface area contributed by atoms with Crippen LogP contribution in [-0.2, 0) is 4.79 Å². The molecule has 0 heterocycles. The van der Waals surface area contributed by atoms with Gasteiger partial charge < -0.3 is 16.2 Å². The molecule has 1 unspecified atom stereocenters. The molecule has 0 saturated carbocycles. The molecule has 0 aliphatic heterocycles. The van der Waals surface area contributed by atoms with E-state index < -0.39 is 6.23 Å². The molecule has 0 saturated heterocycles. The maximum atomic E-state index is 11.3. The van der Waals surface area contributed by atoms with E-state index in [9.17, 15) is 9.90 Å². The van der Waals surface area contributed by atoms with E-state index in [2.05, 4.69) is 5.32 Å². The summed E-state index contributed by atoms with van der Waals surface area (Å²) < 4.78 is 0. The Morgan fingerprint density at radius 2 is 2.07 bits per heavy atom. The number of aliphatic hydroxyl groups excluding tert-OH is 1. The number of carbonyl (C=O) groups is 1.